The number of carbonyl (C=O) groups excluding carboxylic acids is 2. The van der Waals surface area contributed by atoms with Gasteiger partial charge in [-0.1, -0.05) is 30.0 Å². The average molecular weight is 547 g/mol. The fourth-order valence-corrected chi connectivity index (χ4v) is 5.01. The summed E-state index contributed by atoms with van der Waals surface area (Å²) in [5.74, 6) is -0.958. The van der Waals surface area contributed by atoms with Crippen molar-refractivity contribution in [3.8, 4) is 5.75 Å². The number of benzene rings is 1. The van der Waals surface area contributed by atoms with Crippen molar-refractivity contribution in [2.75, 3.05) is 20.3 Å². The molecule has 38 heavy (non-hydrogen) atoms. The van der Waals surface area contributed by atoms with Gasteiger partial charge < -0.3 is 19.7 Å². The molecule has 1 unspecified atom stereocenters. The molecule has 0 spiro atoms. The molecule has 3 heterocycles. The Labute approximate surface area is 221 Å². The predicted octanol–water partition coefficient (Wildman–Crippen LogP) is 4.52. The Morgan fingerprint density at radius 2 is 1.92 bits per heavy atom. The highest BCUT2D eigenvalue weighted by atomic mass is 32.2. The molecule has 2 aliphatic heterocycles. The van der Waals surface area contributed by atoms with Crippen molar-refractivity contribution in [3.63, 3.8) is 0 Å². The fraction of sp³-hybridized carbons (Fsp3) is 0.308. The lowest BCUT2D eigenvalue weighted by Crippen LogP contribution is -2.40. The third-order valence-electron chi connectivity index (χ3n) is 5.78. The van der Waals surface area contributed by atoms with Crippen molar-refractivity contribution in [1.29, 1.82) is 0 Å². The number of amidine groups is 1. The van der Waals surface area contributed by atoms with Gasteiger partial charge in [-0.25, -0.2) is 9.79 Å². The van der Waals surface area contributed by atoms with Crippen LogP contribution in [0.2, 0.25) is 0 Å². The number of hydrogen-bond donors (Lipinski definition) is 1. The molecule has 1 amide bonds. The van der Waals surface area contributed by atoms with E-state index in [4.69, 9.17) is 9.47 Å². The van der Waals surface area contributed by atoms with Gasteiger partial charge in [0.2, 0.25) is 5.91 Å². The van der Waals surface area contributed by atoms with Crippen LogP contribution in [0.3, 0.4) is 0 Å². The Bertz CT molecular complexity index is 1280. The first-order valence-corrected chi connectivity index (χ1v) is 12.6. The number of rotatable bonds is 9. The molecule has 1 aromatic carbocycles. The largest absolute Gasteiger partial charge is 0.497 e. The second-order valence-electron chi connectivity index (χ2n) is 8.25. The van der Waals surface area contributed by atoms with Crippen molar-refractivity contribution in [1.82, 2.24) is 15.2 Å². The molecule has 4 rings (SSSR count). The van der Waals surface area contributed by atoms with E-state index in [1.807, 2.05) is 12.1 Å². The van der Waals surface area contributed by atoms with E-state index in [0.29, 0.717) is 30.0 Å². The van der Waals surface area contributed by atoms with Gasteiger partial charge in [0.1, 0.15) is 5.75 Å². The van der Waals surface area contributed by atoms with Crippen LogP contribution in [0.4, 0.5) is 13.2 Å². The molecule has 0 saturated heterocycles. The molecule has 0 fully saturated rings. The van der Waals surface area contributed by atoms with Crippen LogP contribution in [0, 0.1) is 0 Å². The van der Waals surface area contributed by atoms with Crippen molar-refractivity contribution < 1.29 is 32.2 Å². The molecule has 1 aromatic heterocycles. The maximum absolute atomic E-state index is 14.1. The summed E-state index contributed by atoms with van der Waals surface area (Å²) < 4.78 is 52.6. The van der Waals surface area contributed by atoms with Gasteiger partial charge in [-0.3, -0.25) is 9.78 Å². The number of carbonyl (C=O) groups is 2. The summed E-state index contributed by atoms with van der Waals surface area (Å²) >= 11 is 0.963. The molecule has 2 aromatic rings. The van der Waals surface area contributed by atoms with Crippen LogP contribution >= 0.6 is 11.8 Å². The zero-order valence-electron chi connectivity index (χ0n) is 20.6. The Kier molecular flexibility index (Phi) is 8.40. The molecule has 1 atom stereocenters. The first-order chi connectivity index (χ1) is 18.2. The molecule has 0 radical (unpaired) electrons. The van der Waals surface area contributed by atoms with E-state index in [2.05, 4.69) is 15.3 Å². The van der Waals surface area contributed by atoms with Crippen LogP contribution in [-0.4, -0.2) is 53.4 Å². The molecular formula is C26H25F3N4O4S. The lowest BCUT2D eigenvalue weighted by molar-refractivity contribution is -0.140. The first kappa shape index (κ1) is 27.2. The SMILES string of the molecule is CCOC(=O)C1=C(C(F)(F)F)N=C2SC=C(CC(=O)NCCc3ccccn3)N2C1c1ccc(OC)cc1. The fourth-order valence-electron chi connectivity index (χ4n) is 4.09. The number of methoxy groups -OCH3 is 1. The van der Waals surface area contributed by atoms with Gasteiger partial charge in [0, 0.05) is 30.6 Å². The Balaban J connectivity index is 1.65. The Morgan fingerprint density at radius 3 is 2.55 bits per heavy atom. The number of amides is 1. The zero-order valence-corrected chi connectivity index (χ0v) is 21.4. The number of ether oxygens (including phenoxy) is 2. The first-order valence-electron chi connectivity index (χ1n) is 11.8. The van der Waals surface area contributed by atoms with Crippen molar-refractivity contribution in [3.05, 3.63) is 82.3 Å². The number of esters is 1. The normalized spacial score (nSPS) is 17.0. The molecule has 0 aliphatic carbocycles. The van der Waals surface area contributed by atoms with Crippen molar-refractivity contribution in [2.24, 2.45) is 4.99 Å². The minimum absolute atomic E-state index is 0.0162. The second-order valence-corrected chi connectivity index (χ2v) is 9.08. The van der Waals surface area contributed by atoms with E-state index in [0.717, 1.165) is 17.5 Å². The quantitative estimate of drug-likeness (QED) is 0.463. The van der Waals surface area contributed by atoms with Crippen molar-refractivity contribution >= 4 is 28.8 Å². The van der Waals surface area contributed by atoms with Gasteiger partial charge in [-0.2, -0.15) is 13.2 Å². The van der Waals surface area contributed by atoms with Crippen molar-refractivity contribution in [2.45, 2.75) is 32.0 Å². The lowest BCUT2D eigenvalue weighted by Gasteiger charge is -2.37. The topological polar surface area (TPSA) is 93.1 Å². The lowest BCUT2D eigenvalue weighted by atomic mass is 9.93. The number of halogens is 3. The maximum atomic E-state index is 14.1. The number of nitrogens with zero attached hydrogens (tertiary/aromatic N) is 3. The standard InChI is InChI=1S/C26H25F3N4O4S/c1-3-37-24(35)21-22(16-7-9-19(36-2)10-8-16)33-18(15-38-25(33)32-23(21)26(27,28)29)14-20(34)31-13-11-17-6-4-5-12-30-17/h4-10,12,15,22H,3,11,13-14H2,1-2H3,(H,31,34). The van der Waals surface area contributed by atoms with Gasteiger partial charge >= 0.3 is 12.1 Å². The number of fused-ring (bicyclic) bond motifs is 1. The highest BCUT2D eigenvalue weighted by Gasteiger charge is 2.49. The van der Waals surface area contributed by atoms with E-state index in [9.17, 15) is 22.8 Å². The van der Waals surface area contributed by atoms with E-state index < -0.39 is 29.5 Å². The molecule has 8 nitrogen and oxygen atoms in total. The predicted molar refractivity (Wildman–Crippen MR) is 136 cm³/mol. The summed E-state index contributed by atoms with van der Waals surface area (Å²) in [5.41, 5.74) is -0.348. The van der Waals surface area contributed by atoms with Crippen LogP contribution < -0.4 is 10.1 Å². The van der Waals surface area contributed by atoms with E-state index in [1.54, 1.807) is 41.9 Å². The van der Waals surface area contributed by atoms with Crippen LogP contribution in [-0.2, 0) is 20.7 Å². The molecule has 0 bridgehead atoms. The molecule has 12 heteroatoms. The molecule has 0 saturated carbocycles. The number of aliphatic imine (C=N–C) groups is 1. The zero-order chi connectivity index (χ0) is 27.3. The number of hydrogen-bond acceptors (Lipinski definition) is 8. The molecule has 200 valence electrons. The van der Waals surface area contributed by atoms with E-state index in [-0.39, 0.29) is 24.1 Å². The van der Waals surface area contributed by atoms with Crippen LogP contribution in [0.15, 0.2) is 76.0 Å². The average Bonchev–Trinajstić information content (AvgIpc) is 3.30. The highest BCUT2D eigenvalue weighted by molar-refractivity contribution is 8.16. The third kappa shape index (κ3) is 6.01. The Hall–Kier alpha value is -3.80. The second kappa shape index (κ2) is 11.7. The minimum atomic E-state index is -4.90. The molecular weight excluding hydrogens is 521 g/mol. The molecule has 1 N–H and O–H groups in total. The summed E-state index contributed by atoms with van der Waals surface area (Å²) in [6, 6.07) is 10.6. The number of thioether (sulfide) groups is 1. The number of alkyl halides is 3. The minimum Gasteiger partial charge on any atom is -0.497 e. The van der Waals surface area contributed by atoms with Gasteiger partial charge in [-0.15, -0.1) is 0 Å². The van der Waals surface area contributed by atoms with Crippen LogP contribution in [0.5, 0.6) is 5.75 Å². The maximum Gasteiger partial charge on any atom is 0.434 e. The highest BCUT2D eigenvalue weighted by Crippen LogP contribution is 2.48. The van der Waals surface area contributed by atoms with Gasteiger partial charge in [0.15, 0.2) is 10.9 Å². The number of aromatic nitrogens is 1. The number of pyridine rings is 1. The summed E-state index contributed by atoms with van der Waals surface area (Å²) in [7, 11) is 1.47. The van der Waals surface area contributed by atoms with Gasteiger partial charge in [0.25, 0.3) is 0 Å². The van der Waals surface area contributed by atoms with Crippen LogP contribution in [0.1, 0.15) is 30.6 Å². The monoisotopic (exact) mass is 546 g/mol. The number of nitrogens with one attached hydrogen (secondary N) is 1. The third-order valence-corrected chi connectivity index (χ3v) is 6.67. The summed E-state index contributed by atoms with van der Waals surface area (Å²) in [5, 5.41) is 4.41. The summed E-state index contributed by atoms with van der Waals surface area (Å²) in [6.45, 7) is 1.73. The molecule has 2 aliphatic rings. The summed E-state index contributed by atoms with van der Waals surface area (Å²) in [4.78, 5) is 35.2. The smallest absolute Gasteiger partial charge is 0.434 e. The van der Waals surface area contributed by atoms with Gasteiger partial charge in [0.05, 0.1) is 31.8 Å². The van der Waals surface area contributed by atoms with Gasteiger partial charge in [-0.05, 0) is 42.2 Å². The Morgan fingerprint density at radius 1 is 1.16 bits per heavy atom. The van der Waals surface area contributed by atoms with E-state index in [1.165, 1.54) is 18.9 Å². The number of allylic oxidation sites excluding steroid dienone is 1. The van der Waals surface area contributed by atoms with Crippen LogP contribution in [0.25, 0.3) is 0 Å². The summed E-state index contributed by atoms with van der Waals surface area (Å²) in [6.07, 6.45) is -2.84. The van der Waals surface area contributed by atoms with E-state index >= 15 is 0 Å².